The van der Waals surface area contributed by atoms with Gasteiger partial charge in [-0.3, -0.25) is 4.57 Å². The average Bonchev–Trinajstić information content (AvgIpc) is 3.14. The van der Waals surface area contributed by atoms with Gasteiger partial charge in [-0.05, 0) is 67.9 Å². The molecule has 0 radical (unpaired) electrons. The van der Waals surface area contributed by atoms with Crippen LogP contribution in [0, 0.1) is 0 Å². The molecule has 1 aromatic heterocycles. The number of nitrogen functional groups attached to an aromatic ring is 1. The fourth-order valence-corrected chi connectivity index (χ4v) is 4.47. The lowest BCUT2D eigenvalue weighted by atomic mass is 9.87. The number of nitrogens with zero attached hydrogens (tertiary/aromatic N) is 2. The molecule has 3 atom stereocenters. The van der Waals surface area contributed by atoms with Crippen molar-refractivity contribution in [2.45, 2.75) is 56.7 Å². The number of aryl methyl sites for hydroxylation is 1. The Bertz CT molecular complexity index is 958. The summed E-state index contributed by atoms with van der Waals surface area (Å²) in [5, 5.41) is 6.67. The number of carbonyl (C=O) groups excluding carboxylic acids is 1. The third kappa shape index (κ3) is 4.42. The quantitative estimate of drug-likeness (QED) is 0.722. The van der Waals surface area contributed by atoms with E-state index in [1.165, 1.54) is 22.8 Å². The van der Waals surface area contributed by atoms with Gasteiger partial charge in [-0.2, -0.15) is 4.98 Å². The van der Waals surface area contributed by atoms with Gasteiger partial charge in [-0.15, -0.1) is 0 Å². The highest BCUT2D eigenvalue weighted by molar-refractivity contribution is 5.67. The minimum absolute atomic E-state index is 0.185. The van der Waals surface area contributed by atoms with Crippen molar-refractivity contribution in [2.24, 2.45) is 0 Å². The molecule has 0 aliphatic heterocycles. The number of nitrogens with two attached hydrogens (primary N) is 1. The average molecular weight is 397 g/mol. The summed E-state index contributed by atoms with van der Waals surface area (Å²) in [5.41, 5.74) is 8.63. The zero-order valence-corrected chi connectivity index (χ0v) is 16.6. The second kappa shape index (κ2) is 8.24. The number of nitrogens with one attached hydrogen (secondary N) is 2. The van der Waals surface area contributed by atoms with Crippen LogP contribution in [0.2, 0.25) is 0 Å². The minimum atomic E-state index is -0.364. The maximum Gasteiger partial charge on any atom is 0.407 e. The molecule has 0 bridgehead atoms. The molecule has 0 spiro atoms. The van der Waals surface area contributed by atoms with E-state index >= 15 is 0 Å². The van der Waals surface area contributed by atoms with Crippen molar-refractivity contribution < 1.29 is 9.53 Å². The first-order valence-electron chi connectivity index (χ1n) is 10.1. The summed E-state index contributed by atoms with van der Waals surface area (Å²) in [4.78, 5) is 27.3. The van der Waals surface area contributed by atoms with Crippen LogP contribution in [0.1, 0.15) is 36.8 Å². The van der Waals surface area contributed by atoms with Crippen LogP contribution in [-0.2, 0) is 17.6 Å². The van der Waals surface area contributed by atoms with Crippen LogP contribution in [0.25, 0.3) is 5.69 Å². The predicted molar refractivity (Wildman–Crippen MR) is 110 cm³/mol. The molecule has 4 rings (SSSR count). The van der Waals surface area contributed by atoms with Gasteiger partial charge in [0, 0.05) is 24.3 Å². The molecule has 8 heteroatoms. The Kier molecular flexibility index (Phi) is 5.53. The Morgan fingerprint density at radius 3 is 2.79 bits per heavy atom. The van der Waals surface area contributed by atoms with E-state index < -0.39 is 0 Å². The summed E-state index contributed by atoms with van der Waals surface area (Å²) < 4.78 is 6.21. The van der Waals surface area contributed by atoms with Gasteiger partial charge < -0.3 is 21.1 Å². The number of methoxy groups -OCH3 is 1. The van der Waals surface area contributed by atoms with Crippen molar-refractivity contribution in [3.05, 3.63) is 52.1 Å². The first-order valence-corrected chi connectivity index (χ1v) is 10.1. The smallest absolute Gasteiger partial charge is 0.407 e. The van der Waals surface area contributed by atoms with Gasteiger partial charge >= 0.3 is 11.8 Å². The molecule has 4 N–H and O–H groups in total. The normalized spacial score (nSPS) is 23.4. The molecule has 3 unspecified atom stereocenters. The summed E-state index contributed by atoms with van der Waals surface area (Å²) in [6, 6.07) is 8.81. The van der Waals surface area contributed by atoms with Crippen molar-refractivity contribution in [2.75, 3.05) is 12.8 Å². The fourth-order valence-electron chi connectivity index (χ4n) is 4.47. The highest BCUT2D eigenvalue weighted by Crippen LogP contribution is 2.26. The number of hydrogen-bond donors (Lipinski definition) is 3. The Morgan fingerprint density at radius 2 is 2.00 bits per heavy atom. The molecular weight excluding hydrogens is 370 g/mol. The van der Waals surface area contributed by atoms with Crippen LogP contribution in [-0.4, -0.2) is 40.9 Å². The third-order valence-corrected chi connectivity index (χ3v) is 5.93. The number of amides is 1. The highest BCUT2D eigenvalue weighted by Gasteiger charge is 2.29. The molecule has 154 valence electrons. The second-order valence-corrected chi connectivity index (χ2v) is 7.91. The van der Waals surface area contributed by atoms with Crippen molar-refractivity contribution in [1.82, 2.24) is 20.2 Å². The SMILES string of the molecule is COC(=O)NC1CCC(NC2CCc3cc(-n4ccc(N)nc4=O)ccc3C2)C1. The first-order chi connectivity index (χ1) is 14.0. The molecule has 2 aliphatic rings. The van der Waals surface area contributed by atoms with E-state index in [1.54, 1.807) is 12.3 Å². The Labute approximate surface area is 169 Å². The minimum Gasteiger partial charge on any atom is -0.453 e. The molecular formula is C21H27N5O3. The van der Waals surface area contributed by atoms with E-state index in [0.717, 1.165) is 44.2 Å². The highest BCUT2D eigenvalue weighted by atomic mass is 16.5. The van der Waals surface area contributed by atoms with Crippen LogP contribution >= 0.6 is 0 Å². The maximum atomic E-state index is 12.1. The zero-order chi connectivity index (χ0) is 20.4. The lowest BCUT2D eigenvalue weighted by Crippen LogP contribution is -2.42. The molecule has 1 amide bonds. The fraction of sp³-hybridized carbons (Fsp3) is 0.476. The number of rotatable bonds is 4. The Hall–Kier alpha value is -2.87. The van der Waals surface area contributed by atoms with Crippen molar-refractivity contribution in [1.29, 1.82) is 0 Å². The molecule has 1 aromatic carbocycles. The number of anilines is 1. The molecule has 1 saturated carbocycles. The van der Waals surface area contributed by atoms with Crippen LogP contribution in [0.15, 0.2) is 35.3 Å². The number of fused-ring (bicyclic) bond motifs is 1. The standard InChI is InChI=1S/C21H27N5O3/c1-29-21(28)24-17-6-5-16(12-17)23-15-4-2-14-11-18(7-3-13(14)10-15)26-9-8-19(22)25-20(26)27/h3,7-9,11,15-17,23H,2,4-6,10,12H2,1H3,(H,24,28)(H2,22,25,27). The van der Waals surface area contributed by atoms with Gasteiger partial charge in [0.15, 0.2) is 0 Å². The number of alkyl carbamates (subject to hydrolysis) is 1. The van der Waals surface area contributed by atoms with E-state index in [1.807, 2.05) is 6.07 Å². The molecule has 1 heterocycles. The van der Waals surface area contributed by atoms with E-state index in [9.17, 15) is 9.59 Å². The lowest BCUT2D eigenvalue weighted by Gasteiger charge is -2.29. The van der Waals surface area contributed by atoms with E-state index in [0.29, 0.717) is 12.1 Å². The summed E-state index contributed by atoms with van der Waals surface area (Å²) in [5.74, 6) is 0.231. The van der Waals surface area contributed by atoms with Gasteiger partial charge in [0.25, 0.3) is 0 Å². The van der Waals surface area contributed by atoms with Gasteiger partial charge in [-0.25, -0.2) is 9.59 Å². The first kappa shape index (κ1) is 19.4. The van der Waals surface area contributed by atoms with Crippen molar-refractivity contribution >= 4 is 11.9 Å². The van der Waals surface area contributed by atoms with Gasteiger partial charge in [-0.1, -0.05) is 6.07 Å². The van der Waals surface area contributed by atoms with Crippen LogP contribution in [0.4, 0.5) is 10.6 Å². The van der Waals surface area contributed by atoms with Crippen molar-refractivity contribution in [3.63, 3.8) is 0 Å². The molecule has 2 aromatic rings. The molecule has 8 nitrogen and oxygen atoms in total. The summed E-state index contributed by atoms with van der Waals surface area (Å²) in [7, 11) is 1.39. The predicted octanol–water partition coefficient (Wildman–Crippen LogP) is 1.54. The molecule has 29 heavy (non-hydrogen) atoms. The second-order valence-electron chi connectivity index (χ2n) is 7.91. The number of hydrogen-bond acceptors (Lipinski definition) is 6. The van der Waals surface area contributed by atoms with Crippen molar-refractivity contribution in [3.8, 4) is 5.69 Å². The Morgan fingerprint density at radius 1 is 1.17 bits per heavy atom. The largest absolute Gasteiger partial charge is 0.453 e. The number of aromatic nitrogens is 2. The Balaban J connectivity index is 1.38. The van der Waals surface area contributed by atoms with Crippen LogP contribution in [0.5, 0.6) is 0 Å². The summed E-state index contributed by atoms with van der Waals surface area (Å²) in [6.45, 7) is 0. The van der Waals surface area contributed by atoms with Gasteiger partial charge in [0.2, 0.25) is 0 Å². The number of ether oxygens (including phenoxy) is 1. The molecule has 2 aliphatic carbocycles. The van der Waals surface area contributed by atoms with Crippen LogP contribution in [0.3, 0.4) is 0 Å². The summed E-state index contributed by atoms with van der Waals surface area (Å²) >= 11 is 0. The number of benzene rings is 1. The zero-order valence-electron chi connectivity index (χ0n) is 16.6. The topological polar surface area (TPSA) is 111 Å². The maximum absolute atomic E-state index is 12.1. The van der Waals surface area contributed by atoms with E-state index in [4.69, 9.17) is 5.73 Å². The van der Waals surface area contributed by atoms with E-state index in [-0.39, 0.29) is 23.6 Å². The molecule has 0 saturated heterocycles. The molecule has 1 fully saturated rings. The lowest BCUT2D eigenvalue weighted by molar-refractivity contribution is 0.166. The van der Waals surface area contributed by atoms with Crippen LogP contribution < -0.4 is 22.1 Å². The monoisotopic (exact) mass is 397 g/mol. The third-order valence-electron chi connectivity index (χ3n) is 5.93. The van der Waals surface area contributed by atoms with Gasteiger partial charge in [0.1, 0.15) is 5.82 Å². The summed E-state index contributed by atoms with van der Waals surface area (Å²) in [6.07, 6.45) is 7.27. The van der Waals surface area contributed by atoms with E-state index in [2.05, 4.69) is 32.5 Å². The van der Waals surface area contributed by atoms with Gasteiger partial charge in [0.05, 0.1) is 12.8 Å². The number of carbonyl (C=O) groups is 1.